The summed E-state index contributed by atoms with van der Waals surface area (Å²) in [4.78, 5) is 46.4. The summed E-state index contributed by atoms with van der Waals surface area (Å²) in [5.74, 6) is 0.768. The lowest BCUT2D eigenvalue weighted by Crippen LogP contribution is -2.54. The molecule has 6 rings (SSSR count). The molecule has 2 aromatic carbocycles. The molecule has 2 aliphatic rings. The summed E-state index contributed by atoms with van der Waals surface area (Å²) >= 11 is 0. The summed E-state index contributed by atoms with van der Waals surface area (Å²) in [6, 6.07) is 16.2. The number of piperidine rings is 1. The lowest BCUT2D eigenvalue weighted by Gasteiger charge is -2.42. The van der Waals surface area contributed by atoms with Gasteiger partial charge in [-0.1, -0.05) is 43.7 Å². The highest BCUT2D eigenvalue weighted by atomic mass is 16.6. The fourth-order valence-electron chi connectivity index (χ4n) is 6.29. The molecule has 4 heterocycles. The van der Waals surface area contributed by atoms with Crippen LogP contribution in [0.1, 0.15) is 49.4 Å². The lowest BCUT2D eigenvalue weighted by molar-refractivity contribution is 0.0582. The van der Waals surface area contributed by atoms with Crippen molar-refractivity contribution in [1.82, 2.24) is 34.6 Å². The zero-order valence-corrected chi connectivity index (χ0v) is 26.7. The number of anilines is 1. The average Bonchev–Trinajstić information content (AvgIpc) is 3.63. The Labute approximate surface area is 270 Å². The molecule has 11 nitrogen and oxygen atoms in total. The molecule has 0 aliphatic carbocycles. The smallest absolute Gasteiger partial charge is 0.409 e. The monoisotopic (exact) mass is 624 g/mol. The number of carbonyl (C=O) groups excluding carboxylic acids is 2. The summed E-state index contributed by atoms with van der Waals surface area (Å²) in [5.41, 5.74) is 3.89. The van der Waals surface area contributed by atoms with E-state index in [9.17, 15) is 9.59 Å². The van der Waals surface area contributed by atoms with Gasteiger partial charge < -0.3 is 24.4 Å². The van der Waals surface area contributed by atoms with Gasteiger partial charge in [0.1, 0.15) is 5.69 Å². The van der Waals surface area contributed by atoms with Crippen LogP contribution in [-0.4, -0.2) is 99.8 Å². The number of aryl methyl sites for hydroxylation is 1. The normalized spacial score (nSPS) is 16.1. The Bertz CT molecular complexity index is 1580. The van der Waals surface area contributed by atoms with E-state index in [1.807, 2.05) is 52.1 Å². The maximum Gasteiger partial charge on any atom is 0.409 e. The van der Waals surface area contributed by atoms with E-state index in [1.54, 1.807) is 12.5 Å². The van der Waals surface area contributed by atoms with Gasteiger partial charge in [0.05, 0.1) is 24.0 Å². The number of piperazine rings is 1. The van der Waals surface area contributed by atoms with E-state index in [0.717, 1.165) is 87.4 Å². The van der Waals surface area contributed by atoms with Gasteiger partial charge in [-0.2, -0.15) is 0 Å². The zero-order chi connectivity index (χ0) is 31.7. The molecule has 2 aromatic heterocycles. The molecule has 2 amide bonds. The number of amides is 2. The minimum absolute atomic E-state index is 0.115. The first-order chi connectivity index (χ1) is 22.6. The Morgan fingerprint density at radius 2 is 1.74 bits per heavy atom. The number of fused-ring (bicyclic) bond motifs is 1. The molecule has 0 atom stereocenters. The number of benzene rings is 2. The van der Waals surface area contributed by atoms with E-state index in [2.05, 4.69) is 39.2 Å². The van der Waals surface area contributed by atoms with Gasteiger partial charge in [-0.3, -0.25) is 9.69 Å². The second kappa shape index (κ2) is 15.2. The number of rotatable bonds is 11. The number of hydrogen-bond acceptors (Lipinski definition) is 8. The maximum atomic E-state index is 13.0. The first-order valence-electron chi connectivity index (χ1n) is 16.6. The maximum absolute atomic E-state index is 13.0. The van der Waals surface area contributed by atoms with Gasteiger partial charge >= 0.3 is 6.09 Å². The van der Waals surface area contributed by atoms with Crippen molar-refractivity contribution in [3.63, 3.8) is 0 Å². The predicted molar refractivity (Wildman–Crippen MR) is 179 cm³/mol. The van der Waals surface area contributed by atoms with E-state index in [1.165, 1.54) is 0 Å². The zero-order valence-electron chi connectivity index (χ0n) is 26.7. The lowest BCUT2D eigenvalue weighted by atomic mass is 10.0. The van der Waals surface area contributed by atoms with Crippen molar-refractivity contribution in [2.24, 2.45) is 0 Å². The molecule has 11 heteroatoms. The number of ether oxygens (including phenoxy) is 1. The Morgan fingerprint density at radius 1 is 0.935 bits per heavy atom. The van der Waals surface area contributed by atoms with Crippen LogP contribution in [-0.2, 0) is 11.3 Å². The van der Waals surface area contributed by atoms with E-state index in [-0.39, 0.29) is 12.0 Å². The van der Waals surface area contributed by atoms with Crippen molar-refractivity contribution in [2.75, 3.05) is 57.3 Å². The summed E-state index contributed by atoms with van der Waals surface area (Å²) in [5, 5.41) is 3.03. The highest BCUT2D eigenvalue weighted by Crippen LogP contribution is 2.32. The number of nitrogens with zero attached hydrogens (tertiary/aromatic N) is 7. The molecule has 242 valence electrons. The highest BCUT2D eigenvalue weighted by Gasteiger charge is 2.31. The number of aromatic nitrogens is 4. The van der Waals surface area contributed by atoms with Crippen LogP contribution in [0.3, 0.4) is 0 Å². The van der Waals surface area contributed by atoms with Crippen molar-refractivity contribution in [3.8, 4) is 11.3 Å². The number of hydrogen-bond donors (Lipinski definition) is 1. The van der Waals surface area contributed by atoms with Gasteiger partial charge in [-0.25, -0.2) is 19.7 Å². The van der Waals surface area contributed by atoms with Crippen molar-refractivity contribution in [3.05, 3.63) is 72.8 Å². The van der Waals surface area contributed by atoms with Crippen LogP contribution in [0.2, 0.25) is 0 Å². The minimum atomic E-state index is -0.180. The Hall–Kier alpha value is -4.51. The highest BCUT2D eigenvalue weighted by molar-refractivity contribution is 5.98. The molecule has 0 unspecified atom stereocenters. The van der Waals surface area contributed by atoms with Crippen LogP contribution < -0.4 is 10.2 Å². The van der Waals surface area contributed by atoms with Gasteiger partial charge in [0, 0.05) is 81.9 Å². The van der Waals surface area contributed by atoms with Crippen LogP contribution >= 0.6 is 0 Å². The Balaban J connectivity index is 1.10. The Kier molecular flexibility index (Phi) is 10.4. The molecule has 46 heavy (non-hydrogen) atoms. The molecule has 0 spiro atoms. The Morgan fingerprint density at radius 3 is 2.48 bits per heavy atom. The minimum Gasteiger partial charge on any atom is -0.449 e. The van der Waals surface area contributed by atoms with Crippen molar-refractivity contribution >= 4 is 28.9 Å². The molecule has 0 saturated carbocycles. The summed E-state index contributed by atoms with van der Waals surface area (Å²) in [7, 11) is 0. The van der Waals surface area contributed by atoms with E-state index in [0.29, 0.717) is 43.4 Å². The van der Waals surface area contributed by atoms with Gasteiger partial charge in [0.15, 0.2) is 5.82 Å². The van der Waals surface area contributed by atoms with Gasteiger partial charge in [0.2, 0.25) is 0 Å². The van der Waals surface area contributed by atoms with E-state index >= 15 is 0 Å². The van der Waals surface area contributed by atoms with Crippen LogP contribution in [0.25, 0.3) is 22.3 Å². The molecule has 2 aliphatic heterocycles. The standard InChI is InChI=1S/C35H44N8O3/c1-2-3-24-46-35(45)43-22-20-41(21-23-43)29-12-17-42(18-13-29)33-32(27-8-5-4-6-9-27)38-31-25-28(10-11-30(31)39-33)34(44)37-14-7-16-40-19-15-36-26-40/h4-6,8-11,15,19,25-26,29H,2-3,7,12-14,16-18,20-24H2,1H3,(H,37,44). The van der Waals surface area contributed by atoms with Crippen LogP contribution in [0.15, 0.2) is 67.3 Å². The topological polar surface area (TPSA) is 109 Å². The van der Waals surface area contributed by atoms with Crippen LogP contribution in [0.5, 0.6) is 0 Å². The summed E-state index contributed by atoms with van der Waals surface area (Å²) in [6.07, 6.45) is 10.1. The molecule has 4 aromatic rings. The van der Waals surface area contributed by atoms with Gasteiger partial charge in [-0.05, 0) is 43.9 Å². The third kappa shape index (κ3) is 7.64. The van der Waals surface area contributed by atoms with Gasteiger partial charge in [-0.15, -0.1) is 0 Å². The quantitative estimate of drug-likeness (QED) is 0.236. The third-order valence-corrected chi connectivity index (χ3v) is 8.97. The first-order valence-corrected chi connectivity index (χ1v) is 16.6. The van der Waals surface area contributed by atoms with Crippen molar-refractivity contribution in [1.29, 1.82) is 0 Å². The van der Waals surface area contributed by atoms with E-state index < -0.39 is 0 Å². The molecule has 0 radical (unpaired) electrons. The fourth-order valence-corrected chi connectivity index (χ4v) is 6.29. The second-order valence-electron chi connectivity index (χ2n) is 12.1. The molecule has 2 saturated heterocycles. The second-order valence-corrected chi connectivity index (χ2v) is 12.1. The molecular formula is C35H44N8O3. The van der Waals surface area contributed by atoms with E-state index in [4.69, 9.17) is 14.7 Å². The number of unbranched alkanes of at least 4 members (excludes halogenated alkanes) is 1. The first kappa shape index (κ1) is 31.5. The molecular weight excluding hydrogens is 580 g/mol. The van der Waals surface area contributed by atoms with Crippen LogP contribution in [0, 0.1) is 0 Å². The molecule has 2 fully saturated rings. The summed E-state index contributed by atoms with van der Waals surface area (Å²) < 4.78 is 7.42. The average molecular weight is 625 g/mol. The van der Waals surface area contributed by atoms with Crippen LogP contribution in [0.4, 0.5) is 10.6 Å². The van der Waals surface area contributed by atoms with Crippen molar-refractivity contribution in [2.45, 2.75) is 51.6 Å². The predicted octanol–water partition coefficient (Wildman–Crippen LogP) is 4.84. The van der Waals surface area contributed by atoms with Gasteiger partial charge in [0.25, 0.3) is 5.91 Å². The SMILES string of the molecule is CCCCOC(=O)N1CCN(C2CCN(c3nc4ccc(C(=O)NCCCn5ccnc5)cc4nc3-c3ccccc3)CC2)CC1. The molecule has 1 N–H and O–H groups in total. The molecule has 0 bridgehead atoms. The van der Waals surface area contributed by atoms with Crippen molar-refractivity contribution < 1.29 is 14.3 Å². The summed E-state index contributed by atoms with van der Waals surface area (Å²) in [6.45, 7) is 8.91. The fraction of sp³-hybridized carbons (Fsp3) is 0.457. The third-order valence-electron chi connectivity index (χ3n) is 8.97. The largest absolute Gasteiger partial charge is 0.449 e. The number of carbonyl (C=O) groups is 2. The number of nitrogens with one attached hydrogen (secondary N) is 1. The number of imidazole rings is 1.